The average Bonchev–Trinajstić information content (AvgIpc) is 2.61. The number of benzene rings is 3. The van der Waals surface area contributed by atoms with Crippen LogP contribution in [0.1, 0.15) is 0 Å². The molecule has 143 valence electrons. The zero-order valence-corrected chi connectivity index (χ0v) is 16.5. The third kappa shape index (κ3) is 5.61. The fourth-order valence-corrected chi connectivity index (χ4v) is 3.89. The average molecular weight is 408 g/mol. The van der Waals surface area contributed by atoms with Gasteiger partial charge in [-0.05, 0) is 24.3 Å². The molecule has 0 bridgehead atoms. The first kappa shape index (κ1) is 22.8. The van der Waals surface area contributed by atoms with Gasteiger partial charge >= 0.3 is 7.69 Å². The van der Waals surface area contributed by atoms with Crippen LogP contribution in [0.2, 0.25) is 0 Å². The Balaban J connectivity index is 0.000000855. The molecule has 6 nitrogen and oxygen atoms in total. The number of hydrogen-bond acceptors (Lipinski definition) is 5. The predicted molar refractivity (Wildman–Crippen MR) is 113 cm³/mol. The maximum atomic E-state index is 12.8. The van der Waals surface area contributed by atoms with Crippen LogP contribution in [0.25, 0.3) is 10.8 Å². The van der Waals surface area contributed by atoms with Crippen molar-refractivity contribution in [1.82, 2.24) is 0 Å². The second kappa shape index (κ2) is 10.2. The van der Waals surface area contributed by atoms with Crippen LogP contribution >= 0.6 is 12.4 Å². The number of rotatable bonds is 4. The summed E-state index contributed by atoms with van der Waals surface area (Å²) in [6.07, 6.45) is 0. The van der Waals surface area contributed by atoms with Crippen LogP contribution in [0, 0.1) is 0 Å². The highest BCUT2D eigenvalue weighted by molar-refractivity contribution is 7.93. The molecule has 0 heterocycles. The summed E-state index contributed by atoms with van der Waals surface area (Å²) in [4.78, 5) is 2.26. The van der Waals surface area contributed by atoms with Gasteiger partial charge in [-0.1, -0.05) is 42.5 Å². The number of para-hydroxylation sites is 1. The summed E-state index contributed by atoms with van der Waals surface area (Å²) < 4.78 is 28.2. The Morgan fingerprint density at radius 1 is 0.852 bits per heavy atom. The minimum atomic E-state index is -3.65. The summed E-state index contributed by atoms with van der Waals surface area (Å²) in [6.45, 7) is 0. The van der Waals surface area contributed by atoms with Crippen LogP contribution < -0.4 is 9.62 Å². The van der Waals surface area contributed by atoms with Crippen LogP contribution in [-0.2, 0) is 10.0 Å². The zero-order chi connectivity index (χ0) is 19.2. The Morgan fingerprint density at radius 2 is 1.41 bits per heavy atom. The number of hydrogen-bond donors (Lipinski definition) is 3. The van der Waals surface area contributed by atoms with E-state index in [0.29, 0.717) is 11.1 Å². The van der Waals surface area contributed by atoms with E-state index >= 15 is 0 Å². The van der Waals surface area contributed by atoms with Crippen molar-refractivity contribution >= 4 is 52.3 Å². The van der Waals surface area contributed by atoms with E-state index in [1.807, 2.05) is 49.3 Å². The largest absolute Gasteiger partial charge is 0.482 e. The topological polar surface area (TPSA) is 89.9 Å². The van der Waals surface area contributed by atoms with E-state index in [4.69, 9.17) is 10.0 Å². The van der Waals surface area contributed by atoms with Crippen LogP contribution in [0.15, 0.2) is 71.6 Å². The number of nitrogens with zero attached hydrogens (tertiary/aromatic N) is 1. The smallest absolute Gasteiger partial charge is 0.429 e. The Labute approximate surface area is 166 Å². The lowest BCUT2D eigenvalue weighted by Crippen LogP contribution is -2.14. The molecule has 0 aromatic heterocycles. The fraction of sp³-hybridized carbons (Fsp3) is 0.111. The monoisotopic (exact) mass is 407 g/mol. The van der Waals surface area contributed by atoms with Gasteiger partial charge in [0.05, 0.1) is 4.90 Å². The van der Waals surface area contributed by atoms with Gasteiger partial charge in [0.15, 0.2) is 0 Å². The molecule has 1 radical (unpaired) electrons. The third-order valence-electron chi connectivity index (χ3n) is 3.66. The molecule has 27 heavy (non-hydrogen) atoms. The molecule has 0 aliphatic rings. The second-order valence-electron chi connectivity index (χ2n) is 5.61. The van der Waals surface area contributed by atoms with E-state index in [0.717, 1.165) is 11.1 Å². The van der Waals surface area contributed by atoms with Gasteiger partial charge in [0.25, 0.3) is 10.0 Å². The third-order valence-corrected chi connectivity index (χ3v) is 5.10. The first-order chi connectivity index (χ1) is 12.4. The van der Waals surface area contributed by atoms with Gasteiger partial charge in [0.1, 0.15) is 0 Å². The van der Waals surface area contributed by atoms with Crippen molar-refractivity contribution in [3.05, 3.63) is 66.7 Å². The minimum absolute atomic E-state index is 0. The molecule has 0 aliphatic carbocycles. The van der Waals surface area contributed by atoms with E-state index in [2.05, 4.69) is 4.72 Å². The number of fused-ring (bicyclic) bond motifs is 1. The summed E-state index contributed by atoms with van der Waals surface area (Å²) in [5, 5.41) is 15.6. The highest BCUT2D eigenvalue weighted by atomic mass is 35.5. The van der Waals surface area contributed by atoms with Crippen molar-refractivity contribution in [2.24, 2.45) is 0 Å². The van der Waals surface area contributed by atoms with E-state index in [1.165, 1.54) is 0 Å². The van der Waals surface area contributed by atoms with Crippen LogP contribution in [0.3, 0.4) is 0 Å². The van der Waals surface area contributed by atoms with Crippen molar-refractivity contribution in [2.45, 2.75) is 4.90 Å². The molecule has 3 aromatic carbocycles. The fourth-order valence-electron chi connectivity index (χ4n) is 2.61. The minimum Gasteiger partial charge on any atom is -0.429 e. The molecule has 3 aromatic rings. The molecule has 0 atom stereocenters. The van der Waals surface area contributed by atoms with Crippen LogP contribution in [-0.4, -0.2) is 40.2 Å². The first-order valence-electron chi connectivity index (χ1n) is 7.77. The molecule has 9 heteroatoms. The maximum Gasteiger partial charge on any atom is 0.482 e. The lowest BCUT2D eigenvalue weighted by atomic mass is 10.1. The molecule has 3 N–H and O–H groups in total. The standard InChI is InChI=1S/C18H18N2O2S.BH2O2.ClH/c1-20(2)17-12-6-11-16-15(17)10-7-13-18(16)23(21,22)19-14-8-4-3-5-9-14;2-1-3;/h3-13,19H,1-2H3;2-3H;1H. The molecule has 0 spiro atoms. The van der Waals surface area contributed by atoms with Gasteiger partial charge in [-0.15, -0.1) is 12.4 Å². The number of halogens is 1. The predicted octanol–water partition coefficient (Wildman–Crippen LogP) is 2.63. The van der Waals surface area contributed by atoms with Crippen LogP contribution in [0.4, 0.5) is 11.4 Å². The van der Waals surface area contributed by atoms with Crippen molar-refractivity contribution in [3.63, 3.8) is 0 Å². The van der Waals surface area contributed by atoms with Gasteiger partial charge in [0, 0.05) is 36.2 Å². The van der Waals surface area contributed by atoms with Crippen molar-refractivity contribution < 1.29 is 18.5 Å². The Kier molecular flexibility index (Phi) is 8.59. The Bertz CT molecular complexity index is 970. The molecule has 3 rings (SSSR count). The maximum absolute atomic E-state index is 12.8. The molecule has 0 saturated heterocycles. The normalized spacial score (nSPS) is 10.2. The lowest BCUT2D eigenvalue weighted by Gasteiger charge is -2.17. The number of anilines is 2. The number of nitrogens with one attached hydrogen (secondary N) is 1. The van der Waals surface area contributed by atoms with Crippen molar-refractivity contribution in [3.8, 4) is 0 Å². The molecular formula is C18H21BClN2O4S. The van der Waals surface area contributed by atoms with Crippen LogP contribution in [0.5, 0.6) is 0 Å². The van der Waals surface area contributed by atoms with Gasteiger partial charge in [0.2, 0.25) is 0 Å². The summed E-state index contributed by atoms with van der Waals surface area (Å²) in [5.74, 6) is 0. The summed E-state index contributed by atoms with van der Waals surface area (Å²) in [5.41, 5.74) is 1.53. The summed E-state index contributed by atoms with van der Waals surface area (Å²) >= 11 is 0. The SMILES string of the molecule is CN(C)c1cccc2c(S(=O)(=O)Nc3ccccc3)cccc12.Cl.O[B]O. The van der Waals surface area contributed by atoms with Crippen molar-refractivity contribution in [1.29, 1.82) is 0 Å². The van der Waals surface area contributed by atoms with Crippen molar-refractivity contribution in [2.75, 3.05) is 23.7 Å². The summed E-state index contributed by atoms with van der Waals surface area (Å²) in [6, 6.07) is 19.9. The van der Waals surface area contributed by atoms with Gasteiger partial charge < -0.3 is 14.9 Å². The molecular weight excluding hydrogens is 387 g/mol. The van der Waals surface area contributed by atoms with E-state index < -0.39 is 10.0 Å². The van der Waals surface area contributed by atoms with E-state index in [9.17, 15) is 8.42 Å². The molecule has 0 amide bonds. The number of sulfonamides is 1. The van der Waals surface area contributed by atoms with Gasteiger partial charge in [-0.2, -0.15) is 0 Å². The molecule has 0 fully saturated rings. The van der Waals surface area contributed by atoms with Gasteiger partial charge in [-0.3, -0.25) is 4.72 Å². The highest BCUT2D eigenvalue weighted by Gasteiger charge is 2.18. The van der Waals surface area contributed by atoms with E-state index in [-0.39, 0.29) is 25.0 Å². The first-order valence-corrected chi connectivity index (χ1v) is 9.26. The Hall–Kier alpha value is -2.26. The molecule has 0 saturated carbocycles. The molecule has 0 unspecified atom stereocenters. The quantitative estimate of drug-likeness (QED) is 0.579. The Morgan fingerprint density at radius 3 is 2.00 bits per heavy atom. The van der Waals surface area contributed by atoms with E-state index in [1.54, 1.807) is 36.4 Å². The zero-order valence-electron chi connectivity index (χ0n) is 14.9. The highest BCUT2D eigenvalue weighted by Crippen LogP contribution is 2.30. The summed E-state index contributed by atoms with van der Waals surface area (Å²) in [7, 11) is 0.234. The lowest BCUT2D eigenvalue weighted by molar-refractivity contribution is 0.448. The van der Waals surface area contributed by atoms with Gasteiger partial charge in [-0.25, -0.2) is 8.42 Å². The second-order valence-corrected chi connectivity index (χ2v) is 7.26. The molecule has 0 aliphatic heterocycles.